The predicted octanol–water partition coefficient (Wildman–Crippen LogP) is 3.95. The van der Waals surface area contributed by atoms with Crippen LogP contribution in [0.4, 0.5) is 14.5 Å². The number of carbonyl (C=O) groups excluding carboxylic acids is 1. The number of hydrogen-bond acceptors (Lipinski definition) is 5. The van der Waals surface area contributed by atoms with Gasteiger partial charge in [-0.3, -0.25) is 19.7 Å². The number of anilines is 1. The van der Waals surface area contributed by atoms with Crippen molar-refractivity contribution >= 4 is 29.5 Å². The molecule has 1 aromatic heterocycles. The van der Waals surface area contributed by atoms with Gasteiger partial charge >= 0.3 is 0 Å². The Hall–Kier alpha value is -3.23. The van der Waals surface area contributed by atoms with E-state index in [2.05, 4.69) is 20.2 Å². The number of pyridine rings is 1. The van der Waals surface area contributed by atoms with Crippen molar-refractivity contribution in [2.75, 3.05) is 32.6 Å². The van der Waals surface area contributed by atoms with Gasteiger partial charge in [0.2, 0.25) is 5.91 Å². The topological polar surface area (TPSA) is 66.8 Å². The van der Waals surface area contributed by atoms with Gasteiger partial charge in [-0.05, 0) is 36.3 Å². The fraction of sp³-hybridized carbons (Fsp3) is 0.292. The molecule has 0 unspecified atom stereocenters. The minimum absolute atomic E-state index is 0.0756. The van der Waals surface area contributed by atoms with E-state index in [1.54, 1.807) is 33.2 Å². The number of ether oxygens (including phenoxy) is 1. The van der Waals surface area contributed by atoms with Gasteiger partial charge in [-0.25, -0.2) is 8.78 Å². The number of allylic oxidation sites excluding steroid dienone is 2. The van der Waals surface area contributed by atoms with Crippen LogP contribution in [-0.2, 0) is 16.1 Å². The Morgan fingerprint density at radius 1 is 1.31 bits per heavy atom. The summed E-state index contributed by atoms with van der Waals surface area (Å²) in [7, 11) is 3.27. The van der Waals surface area contributed by atoms with E-state index >= 15 is 0 Å². The number of nitrogens with one attached hydrogen (secondary N) is 1. The number of nitrogens with zero attached hydrogens (tertiary/aromatic N) is 3. The van der Waals surface area contributed by atoms with Crippen molar-refractivity contribution in [1.29, 1.82) is 0 Å². The summed E-state index contributed by atoms with van der Waals surface area (Å²) in [6.07, 6.45) is 8.70. The summed E-state index contributed by atoms with van der Waals surface area (Å²) >= 11 is 0. The highest BCUT2D eigenvalue weighted by Crippen LogP contribution is 2.23. The number of benzene rings is 1. The molecule has 1 aliphatic rings. The Balaban J connectivity index is 1.68. The molecule has 1 fully saturated rings. The summed E-state index contributed by atoms with van der Waals surface area (Å²) in [6, 6.07) is 4.73. The smallest absolute Gasteiger partial charge is 0.248 e. The molecule has 1 aliphatic heterocycles. The summed E-state index contributed by atoms with van der Waals surface area (Å²) in [5.74, 6) is -1.58. The average molecular weight is 440 g/mol. The Bertz CT molecular complexity index is 1060. The number of rotatable bonds is 8. The van der Waals surface area contributed by atoms with Gasteiger partial charge in [0.1, 0.15) is 11.6 Å². The second kappa shape index (κ2) is 10.9. The third-order valence-electron chi connectivity index (χ3n) is 5.17. The monoisotopic (exact) mass is 440 g/mol. The van der Waals surface area contributed by atoms with Crippen molar-refractivity contribution in [2.24, 2.45) is 4.99 Å². The molecule has 0 radical (unpaired) electrons. The summed E-state index contributed by atoms with van der Waals surface area (Å²) in [5.41, 5.74) is 2.15. The Kier molecular flexibility index (Phi) is 7.97. The van der Waals surface area contributed by atoms with E-state index in [1.807, 2.05) is 0 Å². The van der Waals surface area contributed by atoms with Crippen molar-refractivity contribution in [1.82, 2.24) is 9.88 Å². The molecule has 2 aromatic rings. The number of amides is 1. The van der Waals surface area contributed by atoms with E-state index < -0.39 is 17.5 Å². The molecule has 168 valence electrons. The van der Waals surface area contributed by atoms with Crippen molar-refractivity contribution in [2.45, 2.75) is 19.6 Å². The molecule has 1 saturated heterocycles. The summed E-state index contributed by atoms with van der Waals surface area (Å²) in [5, 5.41) is 2.52. The molecule has 0 aliphatic carbocycles. The van der Waals surface area contributed by atoms with E-state index in [4.69, 9.17) is 4.74 Å². The number of aromatic nitrogens is 1. The zero-order valence-corrected chi connectivity index (χ0v) is 18.3. The van der Waals surface area contributed by atoms with Gasteiger partial charge in [-0.1, -0.05) is 12.1 Å². The molecule has 0 spiro atoms. The van der Waals surface area contributed by atoms with E-state index in [-0.39, 0.29) is 17.4 Å². The fourth-order valence-electron chi connectivity index (χ4n) is 3.46. The highest BCUT2D eigenvalue weighted by Gasteiger charge is 2.26. The molecule has 8 heteroatoms. The maximum absolute atomic E-state index is 14.5. The second-order valence-electron chi connectivity index (χ2n) is 7.41. The minimum atomic E-state index is -0.538. The lowest BCUT2D eigenvalue weighted by Gasteiger charge is -2.38. The van der Waals surface area contributed by atoms with Crippen LogP contribution >= 0.6 is 0 Å². The quantitative estimate of drug-likeness (QED) is 0.499. The maximum atomic E-state index is 14.5. The molecule has 2 heterocycles. The van der Waals surface area contributed by atoms with Gasteiger partial charge in [0.05, 0.1) is 18.0 Å². The van der Waals surface area contributed by atoms with Crippen LogP contribution in [0.15, 0.2) is 47.7 Å². The first-order valence-corrected chi connectivity index (χ1v) is 10.2. The standard InChI is InChI=1S/C24H26F2N4O2/c1-4-17(10-27-2)24-18(11-28-12-21(24)26)6-8-23(31)29-22-7-5-16(9-20(22)25)13-30-14-19(15-30)32-3/h4-12,19H,13-15H2,1-3H3,(H,29,31)/b8-6+,17-4+,27-10-. The zero-order valence-electron chi connectivity index (χ0n) is 18.3. The lowest BCUT2D eigenvalue weighted by atomic mass is 10.0. The van der Waals surface area contributed by atoms with Crippen LogP contribution in [0.1, 0.15) is 23.6 Å². The summed E-state index contributed by atoms with van der Waals surface area (Å²) in [4.78, 5) is 22.3. The summed E-state index contributed by atoms with van der Waals surface area (Å²) < 4.78 is 34.1. The normalized spacial score (nSPS) is 15.5. The number of likely N-dealkylation sites (tertiary alicyclic amines) is 1. The Labute approximate surface area is 186 Å². The highest BCUT2D eigenvalue weighted by atomic mass is 19.1. The molecule has 1 aromatic carbocycles. The zero-order chi connectivity index (χ0) is 23.1. The van der Waals surface area contributed by atoms with E-state index in [9.17, 15) is 13.6 Å². The number of methoxy groups -OCH3 is 1. The SMILES string of the molecule is C/C=C(\C=N/C)c1c(F)cncc1/C=C/C(=O)Nc1ccc(CN2CC(OC)C2)cc1F. The van der Waals surface area contributed by atoms with Gasteiger partial charge in [0.15, 0.2) is 0 Å². The number of aliphatic imine (C=N–C) groups is 1. The third kappa shape index (κ3) is 5.72. The fourth-order valence-corrected chi connectivity index (χ4v) is 3.46. The van der Waals surface area contributed by atoms with E-state index in [1.165, 1.54) is 36.7 Å². The van der Waals surface area contributed by atoms with Crippen LogP contribution in [0.25, 0.3) is 11.6 Å². The molecule has 1 N–H and O–H groups in total. The van der Waals surface area contributed by atoms with Crippen molar-refractivity contribution in [3.63, 3.8) is 0 Å². The number of halogens is 2. The molecule has 0 atom stereocenters. The third-order valence-corrected chi connectivity index (χ3v) is 5.17. The van der Waals surface area contributed by atoms with Gasteiger partial charge in [-0.15, -0.1) is 0 Å². The van der Waals surface area contributed by atoms with Crippen molar-refractivity contribution in [3.8, 4) is 0 Å². The Morgan fingerprint density at radius 3 is 2.75 bits per heavy atom. The van der Waals surface area contributed by atoms with E-state index in [0.717, 1.165) is 24.8 Å². The first kappa shape index (κ1) is 23.4. The lowest BCUT2D eigenvalue weighted by molar-refractivity contribution is -0.111. The molecule has 6 nitrogen and oxygen atoms in total. The number of hydrogen-bond donors (Lipinski definition) is 1. The minimum Gasteiger partial charge on any atom is -0.379 e. The molecular weight excluding hydrogens is 414 g/mol. The van der Waals surface area contributed by atoms with Crippen molar-refractivity contribution in [3.05, 3.63) is 71.1 Å². The molecule has 0 saturated carbocycles. The van der Waals surface area contributed by atoms with Gasteiger partial charge < -0.3 is 10.1 Å². The molecule has 0 bridgehead atoms. The molecule has 1 amide bonds. The average Bonchev–Trinajstić information content (AvgIpc) is 2.75. The van der Waals surface area contributed by atoms with Gasteiger partial charge in [-0.2, -0.15) is 0 Å². The highest BCUT2D eigenvalue weighted by molar-refractivity contribution is 6.11. The van der Waals surface area contributed by atoms with Crippen LogP contribution in [0.5, 0.6) is 0 Å². The largest absolute Gasteiger partial charge is 0.379 e. The lowest BCUT2D eigenvalue weighted by Crippen LogP contribution is -2.50. The molecule has 3 rings (SSSR count). The molecule has 32 heavy (non-hydrogen) atoms. The van der Waals surface area contributed by atoms with E-state index in [0.29, 0.717) is 17.7 Å². The van der Waals surface area contributed by atoms with Crippen LogP contribution < -0.4 is 5.32 Å². The number of carbonyl (C=O) groups is 1. The molecular formula is C24H26F2N4O2. The first-order chi connectivity index (χ1) is 15.4. The second-order valence-corrected chi connectivity index (χ2v) is 7.41. The van der Waals surface area contributed by atoms with Gasteiger partial charge in [0, 0.05) is 63.4 Å². The first-order valence-electron chi connectivity index (χ1n) is 10.2. The van der Waals surface area contributed by atoms with Crippen LogP contribution in [0.3, 0.4) is 0 Å². The summed E-state index contributed by atoms with van der Waals surface area (Å²) in [6.45, 7) is 4.02. The predicted molar refractivity (Wildman–Crippen MR) is 122 cm³/mol. The van der Waals surface area contributed by atoms with Crippen LogP contribution in [-0.4, -0.2) is 55.4 Å². The van der Waals surface area contributed by atoms with Gasteiger partial charge in [0.25, 0.3) is 0 Å². The maximum Gasteiger partial charge on any atom is 0.248 e. The van der Waals surface area contributed by atoms with Crippen LogP contribution in [0, 0.1) is 11.6 Å². The Morgan fingerprint density at radius 2 is 2.09 bits per heavy atom. The van der Waals surface area contributed by atoms with Crippen LogP contribution in [0.2, 0.25) is 0 Å². The van der Waals surface area contributed by atoms with Crippen molar-refractivity contribution < 1.29 is 18.3 Å².